The largest absolute Gasteiger partial charge is 0.341 e. The number of rotatable bonds is 1. The fourth-order valence-corrected chi connectivity index (χ4v) is 5.51. The molecule has 30 heavy (non-hydrogen) atoms. The quantitative estimate of drug-likeness (QED) is 0.662. The Balaban J connectivity index is 1.38. The summed E-state index contributed by atoms with van der Waals surface area (Å²) in [6.07, 6.45) is 4.45. The van der Waals surface area contributed by atoms with Crippen LogP contribution >= 0.6 is 11.6 Å². The summed E-state index contributed by atoms with van der Waals surface area (Å²) in [6.45, 7) is 3.42. The Kier molecular flexibility index (Phi) is 4.70. The Morgan fingerprint density at radius 3 is 2.67 bits per heavy atom. The van der Waals surface area contributed by atoms with Gasteiger partial charge in [-0.25, -0.2) is 0 Å². The van der Waals surface area contributed by atoms with E-state index in [2.05, 4.69) is 30.4 Å². The first kappa shape index (κ1) is 19.4. The SMILES string of the molecule is CC1(C(=O)N2CCC(=C3C(=O)Nc4cc(Cl)ccc43)CC2)CCCc2ccccc21. The highest BCUT2D eigenvalue weighted by atomic mass is 35.5. The van der Waals surface area contributed by atoms with E-state index in [-0.39, 0.29) is 11.8 Å². The molecule has 0 radical (unpaired) electrons. The van der Waals surface area contributed by atoms with Gasteiger partial charge in [0.2, 0.25) is 5.91 Å². The van der Waals surface area contributed by atoms with E-state index in [0.29, 0.717) is 18.1 Å². The number of amides is 2. The van der Waals surface area contributed by atoms with Crippen molar-refractivity contribution in [3.05, 3.63) is 69.8 Å². The van der Waals surface area contributed by atoms with Crippen LogP contribution in [0.25, 0.3) is 5.57 Å². The zero-order valence-corrected chi connectivity index (χ0v) is 17.9. The molecule has 1 fully saturated rings. The first-order chi connectivity index (χ1) is 14.5. The van der Waals surface area contributed by atoms with Crippen LogP contribution in [0.3, 0.4) is 0 Å². The van der Waals surface area contributed by atoms with Crippen molar-refractivity contribution in [2.45, 2.75) is 44.4 Å². The second kappa shape index (κ2) is 7.28. The molecule has 2 aliphatic heterocycles. The molecule has 1 N–H and O–H groups in total. The van der Waals surface area contributed by atoms with E-state index in [4.69, 9.17) is 11.6 Å². The fourth-order valence-electron chi connectivity index (χ4n) is 5.34. The number of anilines is 1. The van der Waals surface area contributed by atoms with Gasteiger partial charge in [-0.2, -0.15) is 0 Å². The molecule has 2 heterocycles. The van der Waals surface area contributed by atoms with Gasteiger partial charge in [0.05, 0.1) is 11.1 Å². The number of carbonyl (C=O) groups is 2. The van der Waals surface area contributed by atoms with Crippen LogP contribution in [0.4, 0.5) is 5.69 Å². The van der Waals surface area contributed by atoms with Crippen molar-refractivity contribution >= 4 is 34.7 Å². The maximum atomic E-state index is 13.6. The Morgan fingerprint density at radius 1 is 1.10 bits per heavy atom. The third-order valence-electron chi connectivity index (χ3n) is 6.94. The average Bonchev–Trinajstić information content (AvgIpc) is 3.08. The Labute approximate surface area is 181 Å². The molecule has 0 bridgehead atoms. The number of halogens is 1. The number of aryl methyl sites for hydroxylation is 1. The van der Waals surface area contributed by atoms with Crippen molar-refractivity contribution in [1.82, 2.24) is 4.90 Å². The maximum Gasteiger partial charge on any atom is 0.256 e. The summed E-state index contributed by atoms with van der Waals surface area (Å²) >= 11 is 6.07. The third kappa shape index (κ3) is 3.05. The molecule has 0 aromatic heterocycles. The van der Waals surface area contributed by atoms with Gasteiger partial charge in [0.1, 0.15) is 0 Å². The third-order valence-corrected chi connectivity index (χ3v) is 7.18. The van der Waals surface area contributed by atoms with Gasteiger partial charge in [0.25, 0.3) is 5.91 Å². The molecular formula is C25H25ClN2O2. The van der Waals surface area contributed by atoms with Crippen LogP contribution in [0.15, 0.2) is 48.0 Å². The van der Waals surface area contributed by atoms with Gasteiger partial charge in [-0.3, -0.25) is 9.59 Å². The van der Waals surface area contributed by atoms with Gasteiger partial charge in [0, 0.05) is 29.2 Å². The molecule has 1 aliphatic carbocycles. The number of carbonyl (C=O) groups excluding carboxylic acids is 2. The molecule has 5 heteroatoms. The Morgan fingerprint density at radius 2 is 1.87 bits per heavy atom. The van der Waals surface area contributed by atoms with Crippen LogP contribution in [0, 0.1) is 0 Å². The van der Waals surface area contributed by atoms with E-state index in [0.717, 1.165) is 54.5 Å². The lowest BCUT2D eigenvalue weighted by Gasteiger charge is -2.40. The summed E-state index contributed by atoms with van der Waals surface area (Å²) in [6, 6.07) is 13.9. The van der Waals surface area contributed by atoms with E-state index in [1.807, 2.05) is 23.1 Å². The maximum absolute atomic E-state index is 13.6. The van der Waals surface area contributed by atoms with Crippen LogP contribution in [-0.4, -0.2) is 29.8 Å². The van der Waals surface area contributed by atoms with E-state index in [1.165, 1.54) is 11.1 Å². The molecule has 2 amide bonds. The molecular weight excluding hydrogens is 396 g/mol. The van der Waals surface area contributed by atoms with Crippen LogP contribution in [0.1, 0.15) is 49.3 Å². The van der Waals surface area contributed by atoms with Crippen LogP contribution in [0.5, 0.6) is 0 Å². The van der Waals surface area contributed by atoms with Gasteiger partial charge in [-0.1, -0.05) is 47.5 Å². The lowest BCUT2D eigenvalue weighted by molar-refractivity contribution is -0.138. The minimum atomic E-state index is -0.451. The van der Waals surface area contributed by atoms with Gasteiger partial charge in [-0.15, -0.1) is 0 Å². The molecule has 0 saturated carbocycles. The topological polar surface area (TPSA) is 49.4 Å². The average molecular weight is 421 g/mol. The van der Waals surface area contributed by atoms with Crippen LogP contribution in [0.2, 0.25) is 5.02 Å². The number of hydrogen-bond donors (Lipinski definition) is 1. The van der Waals surface area contributed by atoms with E-state index >= 15 is 0 Å². The second-order valence-electron chi connectivity index (χ2n) is 8.76. The monoisotopic (exact) mass is 420 g/mol. The highest BCUT2D eigenvalue weighted by Gasteiger charge is 2.42. The first-order valence-corrected chi connectivity index (χ1v) is 11.1. The minimum absolute atomic E-state index is 0.0600. The summed E-state index contributed by atoms with van der Waals surface area (Å²) in [5, 5.41) is 3.54. The summed E-state index contributed by atoms with van der Waals surface area (Å²) in [4.78, 5) is 28.2. The number of hydrogen-bond acceptors (Lipinski definition) is 2. The van der Waals surface area contributed by atoms with E-state index < -0.39 is 5.41 Å². The molecule has 5 rings (SSSR count). The van der Waals surface area contributed by atoms with Crippen LogP contribution < -0.4 is 5.32 Å². The predicted molar refractivity (Wildman–Crippen MR) is 120 cm³/mol. The van der Waals surface area contributed by atoms with Crippen molar-refractivity contribution < 1.29 is 9.59 Å². The van der Waals surface area contributed by atoms with Crippen molar-refractivity contribution in [3.8, 4) is 0 Å². The normalized spacial score (nSPS) is 23.1. The number of fused-ring (bicyclic) bond motifs is 2. The second-order valence-corrected chi connectivity index (χ2v) is 9.19. The summed E-state index contributed by atoms with van der Waals surface area (Å²) in [5.41, 5.74) is 5.64. The van der Waals surface area contributed by atoms with Gasteiger partial charge < -0.3 is 10.2 Å². The minimum Gasteiger partial charge on any atom is -0.341 e. The number of nitrogens with zero attached hydrogens (tertiary/aromatic N) is 1. The lowest BCUT2D eigenvalue weighted by Crippen LogP contribution is -2.49. The Bertz CT molecular complexity index is 1080. The van der Waals surface area contributed by atoms with E-state index in [9.17, 15) is 9.59 Å². The van der Waals surface area contributed by atoms with Crippen molar-refractivity contribution in [3.63, 3.8) is 0 Å². The zero-order chi connectivity index (χ0) is 20.9. The summed E-state index contributed by atoms with van der Waals surface area (Å²) < 4.78 is 0. The van der Waals surface area contributed by atoms with Crippen molar-refractivity contribution in [1.29, 1.82) is 0 Å². The molecule has 154 valence electrons. The number of piperidine rings is 1. The van der Waals surface area contributed by atoms with Gasteiger partial charge in [0.15, 0.2) is 0 Å². The molecule has 1 atom stereocenters. The molecule has 1 unspecified atom stereocenters. The summed E-state index contributed by atoms with van der Waals surface area (Å²) in [5.74, 6) is 0.164. The highest BCUT2D eigenvalue weighted by molar-refractivity contribution is 6.34. The Hall–Kier alpha value is -2.59. The predicted octanol–water partition coefficient (Wildman–Crippen LogP) is 4.96. The lowest BCUT2D eigenvalue weighted by atomic mass is 9.70. The fraction of sp³-hybridized carbons (Fsp3) is 0.360. The molecule has 2 aromatic rings. The number of benzene rings is 2. The van der Waals surface area contributed by atoms with E-state index in [1.54, 1.807) is 6.07 Å². The molecule has 1 saturated heterocycles. The van der Waals surface area contributed by atoms with Crippen molar-refractivity contribution in [2.24, 2.45) is 0 Å². The molecule has 3 aliphatic rings. The van der Waals surface area contributed by atoms with Crippen LogP contribution in [-0.2, 0) is 21.4 Å². The standard InChI is InChI=1S/C25H25ClN2O2/c1-25(12-4-6-16-5-2-3-7-20(16)25)24(30)28-13-10-17(11-14-28)22-19-9-8-18(26)15-21(19)27-23(22)29/h2-3,5,7-9,15H,4,6,10-14H2,1H3,(H,27,29). The van der Waals surface area contributed by atoms with Gasteiger partial charge in [-0.05, 0) is 62.3 Å². The zero-order valence-electron chi connectivity index (χ0n) is 17.1. The molecule has 0 spiro atoms. The van der Waals surface area contributed by atoms with Gasteiger partial charge >= 0.3 is 0 Å². The highest BCUT2D eigenvalue weighted by Crippen LogP contribution is 2.41. The number of nitrogens with one attached hydrogen (secondary N) is 1. The summed E-state index contributed by atoms with van der Waals surface area (Å²) in [7, 11) is 0. The number of likely N-dealkylation sites (tertiary alicyclic amines) is 1. The van der Waals surface area contributed by atoms with Crippen molar-refractivity contribution in [2.75, 3.05) is 18.4 Å². The first-order valence-electron chi connectivity index (χ1n) is 10.7. The molecule has 2 aromatic carbocycles. The smallest absolute Gasteiger partial charge is 0.256 e. The molecule has 4 nitrogen and oxygen atoms in total.